The van der Waals surface area contributed by atoms with Crippen LogP contribution in [0.4, 0.5) is 0 Å². The van der Waals surface area contributed by atoms with Crippen LogP contribution in [0.2, 0.25) is 0 Å². The van der Waals surface area contributed by atoms with Gasteiger partial charge in [0.1, 0.15) is 0 Å². The molecule has 0 radical (unpaired) electrons. The minimum absolute atomic E-state index is 0.619. The smallest absolute Gasteiger partial charge is 0.0231 e. The fraction of sp³-hybridized carbons (Fsp3) is 0.333. The predicted octanol–water partition coefficient (Wildman–Crippen LogP) is 2.92. The number of rotatable bonds is 5. The van der Waals surface area contributed by atoms with Crippen LogP contribution >= 0.6 is 0 Å². The molecular formula is C18H22N2. The van der Waals surface area contributed by atoms with Crippen LogP contribution in [-0.2, 0) is 19.5 Å². The molecule has 1 aliphatic rings. The summed E-state index contributed by atoms with van der Waals surface area (Å²) in [7, 11) is 2.20. The van der Waals surface area contributed by atoms with Crippen molar-refractivity contribution in [2.45, 2.75) is 25.4 Å². The maximum atomic E-state index is 5.70. The van der Waals surface area contributed by atoms with Crippen molar-refractivity contribution in [3.05, 3.63) is 70.8 Å². The molecule has 2 heteroatoms. The molecule has 0 bridgehead atoms. The Balaban J connectivity index is 1.59. The first kappa shape index (κ1) is 13.3. The molecular weight excluding hydrogens is 244 g/mol. The molecule has 1 unspecified atom stereocenters. The van der Waals surface area contributed by atoms with Crippen LogP contribution in [0.5, 0.6) is 0 Å². The second-order valence-electron chi connectivity index (χ2n) is 5.82. The number of hydrogen-bond acceptors (Lipinski definition) is 2. The van der Waals surface area contributed by atoms with Gasteiger partial charge in [-0.2, -0.15) is 0 Å². The van der Waals surface area contributed by atoms with E-state index >= 15 is 0 Å². The highest BCUT2D eigenvalue weighted by Crippen LogP contribution is 2.35. The molecule has 1 atom stereocenters. The van der Waals surface area contributed by atoms with Crippen molar-refractivity contribution in [1.82, 2.24) is 4.90 Å². The van der Waals surface area contributed by atoms with E-state index in [0.29, 0.717) is 12.5 Å². The molecule has 20 heavy (non-hydrogen) atoms. The Labute approximate surface area is 121 Å². The molecule has 2 N–H and O–H groups in total. The molecule has 2 nitrogen and oxygen atoms in total. The highest BCUT2D eigenvalue weighted by molar-refractivity contribution is 5.40. The standard InChI is InChI=1S/C18H22N2/c1-20(12-15-6-4-5-14(9-15)11-19)13-17-10-16-7-2-3-8-18(16)17/h2-9,17H,10-13,19H2,1H3. The molecule has 0 spiro atoms. The van der Waals surface area contributed by atoms with Crippen molar-refractivity contribution in [3.8, 4) is 0 Å². The third-order valence-electron chi connectivity index (χ3n) is 4.17. The van der Waals surface area contributed by atoms with Crippen LogP contribution < -0.4 is 5.73 Å². The highest BCUT2D eigenvalue weighted by Gasteiger charge is 2.26. The minimum atomic E-state index is 0.619. The van der Waals surface area contributed by atoms with Gasteiger partial charge in [0.2, 0.25) is 0 Å². The van der Waals surface area contributed by atoms with E-state index in [4.69, 9.17) is 5.73 Å². The Kier molecular flexibility index (Phi) is 3.86. The number of benzene rings is 2. The summed E-state index contributed by atoms with van der Waals surface area (Å²) >= 11 is 0. The number of hydrogen-bond donors (Lipinski definition) is 1. The van der Waals surface area contributed by atoms with E-state index in [9.17, 15) is 0 Å². The maximum Gasteiger partial charge on any atom is 0.0231 e. The maximum absolute atomic E-state index is 5.70. The molecule has 0 saturated heterocycles. The van der Waals surface area contributed by atoms with Crippen molar-refractivity contribution in [2.75, 3.05) is 13.6 Å². The number of likely N-dealkylation sites (N-methyl/N-ethyl adjacent to an activating group) is 1. The summed E-state index contributed by atoms with van der Waals surface area (Å²) < 4.78 is 0. The van der Waals surface area contributed by atoms with E-state index < -0.39 is 0 Å². The Morgan fingerprint density at radius 3 is 2.70 bits per heavy atom. The van der Waals surface area contributed by atoms with Gasteiger partial charge < -0.3 is 10.6 Å². The first-order chi connectivity index (χ1) is 9.76. The van der Waals surface area contributed by atoms with Gasteiger partial charge in [-0.3, -0.25) is 0 Å². The lowest BCUT2D eigenvalue weighted by molar-refractivity contribution is 0.291. The summed E-state index contributed by atoms with van der Waals surface area (Å²) in [6.07, 6.45) is 1.23. The van der Waals surface area contributed by atoms with Gasteiger partial charge in [0.15, 0.2) is 0 Å². The molecule has 0 fully saturated rings. The van der Waals surface area contributed by atoms with Gasteiger partial charge in [0.25, 0.3) is 0 Å². The van der Waals surface area contributed by atoms with Crippen LogP contribution in [0.15, 0.2) is 48.5 Å². The average Bonchev–Trinajstić information content (AvgIpc) is 2.45. The van der Waals surface area contributed by atoms with Crippen LogP contribution in [0.25, 0.3) is 0 Å². The molecule has 2 aromatic rings. The zero-order valence-corrected chi connectivity index (χ0v) is 12.0. The normalized spacial score (nSPS) is 16.9. The summed E-state index contributed by atoms with van der Waals surface area (Å²) in [6.45, 7) is 2.74. The SMILES string of the molecule is CN(Cc1cccc(CN)c1)CC1Cc2ccccc21. The largest absolute Gasteiger partial charge is 0.326 e. The summed E-state index contributed by atoms with van der Waals surface area (Å²) in [5.74, 6) is 0.703. The van der Waals surface area contributed by atoms with Gasteiger partial charge in [-0.1, -0.05) is 48.5 Å². The third kappa shape index (κ3) is 2.77. The Morgan fingerprint density at radius 1 is 1.10 bits per heavy atom. The van der Waals surface area contributed by atoms with E-state index in [1.54, 1.807) is 0 Å². The second-order valence-corrected chi connectivity index (χ2v) is 5.82. The van der Waals surface area contributed by atoms with Gasteiger partial charge in [-0.25, -0.2) is 0 Å². The third-order valence-corrected chi connectivity index (χ3v) is 4.17. The van der Waals surface area contributed by atoms with Crippen molar-refractivity contribution < 1.29 is 0 Å². The molecule has 2 aromatic carbocycles. The predicted molar refractivity (Wildman–Crippen MR) is 83.6 cm³/mol. The molecule has 1 aliphatic carbocycles. The molecule has 0 amide bonds. The van der Waals surface area contributed by atoms with E-state index in [1.807, 2.05) is 0 Å². The quantitative estimate of drug-likeness (QED) is 0.901. The minimum Gasteiger partial charge on any atom is -0.326 e. The van der Waals surface area contributed by atoms with Crippen LogP contribution in [0.1, 0.15) is 28.2 Å². The second kappa shape index (κ2) is 5.78. The van der Waals surface area contributed by atoms with E-state index in [-0.39, 0.29) is 0 Å². The monoisotopic (exact) mass is 266 g/mol. The van der Waals surface area contributed by atoms with E-state index in [0.717, 1.165) is 13.1 Å². The zero-order valence-electron chi connectivity index (χ0n) is 12.0. The summed E-state index contributed by atoms with van der Waals surface area (Å²) in [5, 5.41) is 0. The van der Waals surface area contributed by atoms with Crippen molar-refractivity contribution >= 4 is 0 Å². The van der Waals surface area contributed by atoms with Gasteiger partial charge in [-0.15, -0.1) is 0 Å². The average molecular weight is 266 g/mol. The summed E-state index contributed by atoms with van der Waals surface area (Å²) in [5.41, 5.74) is 11.3. The lowest BCUT2D eigenvalue weighted by Gasteiger charge is -2.33. The lowest BCUT2D eigenvalue weighted by atomic mass is 9.77. The Morgan fingerprint density at radius 2 is 1.90 bits per heavy atom. The van der Waals surface area contributed by atoms with Crippen LogP contribution in [0.3, 0.4) is 0 Å². The fourth-order valence-electron chi connectivity index (χ4n) is 3.13. The number of nitrogens with two attached hydrogens (primary N) is 1. The molecule has 104 valence electrons. The first-order valence-electron chi connectivity index (χ1n) is 7.30. The summed E-state index contributed by atoms with van der Waals surface area (Å²) in [6, 6.07) is 17.4. The first-order valence-corrected chi connectivity index (χ1v) is 7.30. The molecule has 0 aliphatic heterocycles. The Bertz CT molecular complexity index is 591. The van der Waals surface area contributed by atoms with Crippen molar-refractivity contribution in [2.24, 2.45) is 5.73 Å². The lowest BCUT2D eigenvalue weighted by Crippen LogP contribution is -2.30. The topological polar surface area (TPSA) is 29.3 Å². The summed E-state index contributed by atoms with van der Waals surface area (Å²) in [4.78, 5) is 2.41. The molecule has 0 saturated carbocycles. The highest BCUT2D eigenvalue weighted by atomic mass is 15.1. The van der Waals surface area contributed by atoms with Crippen LogP contribution in [-0.4, -0.2) is 18.5 Å². The molecule has 3 rings (SSSR count). The van der Waals surface area contributed by atoms with E-state index in [1.165, 1.54) is 28.7 Å². The fourth-order valence-corrected chi connectivity index (χ4v) is 3.13. The Hall–Kier alpha value is -1.64. The van der Waals surface area contributed by atoms with Crippen molar-refractivity contribution in [1.29, 1.82) is 0 Å². The van der Waals surface area contributed by atoms with Crippen LogP contribution in [0, 0.1) is 0 Å². The number of fused-ring (bicyclic) bond motifs is 1. The molecule has 0 heterocycles. The zero-order chi connectivity index (χ0) is 13.9. The number of nitrogens with zero attached hydrogens (tertiary/aromatic N) is 1. The van der Waals surface area contributed by atoms with Gasteiger partial charge in [-0.05, 0) is 35.7 Å². The van der Waals surface area contributed by atoms with Gasteiger partial charge in [0.05, 0.1) is 0 Å². The van der Waals surface area contributed by atoms with E-state index in [2.05, 4.69) is 60.5 Å². The van der Waals surface area contributed by atoms with Gasteiger partial charge >= 0.3 is 0 Å². The molecule has 0 aromatic heterocycles. The van der Waals surface area contributed by atoms with Gasteiger partial charge in [0, 0.05) is 25.6 Å². The van der Waals surface area contributed by atoms with Crippen molar-refractivity contribution in [3.63, 3.8) is 0 Å².